The molecule has 1 saturated heterocycles. The quantitative estimate of drug-likeness (QED) is 0.202. The van der Waals surface area contributed by atoms with Gasteiger partial charge in [0.1, 0.15) is 23.6 Å². The molecule has 1 aliphatic rings. The molecule has 0 aromatic heterocycles. The van der Waals surface area contributed by atoms with E-state index in [9.17, 15) is 29.7 Å². The Morgan fingerprint density at radius 3 is 2.43 bits per heavy atom. The minimum absolute atomic E-state index is 0.0505. The van der Waals surface area contributed by atoms with Crippen molar-refractivity contribution in [1.82, 2.24) is 10.2 Å². The Balaban J connectivity index is 1.58. The Hall–Kier alpha value is -4.09. The highest BCUT2D eigenvalue weighted by molar-refractivity contribution is 6.14. The van der Waals surface area contributed by atoms with Crippen LogP contribution in [0.25, 0.3) is 21.5 Å². The van der Waals surface area contributed by atoms with Crippen LogP contribution in [0.15, 0.2) is 52.7 Å². The Labute approximate surface area is 199 Å². The fourth-order valence-electron chi connectivity index (χ4n) is 4.33. The van der Waals surface area contributed by atoms with Gasteiger partial charge in [0.15, 0.2) is 0 Å². The second kappa shape index (κ2) is 10.0. The van der Waals surface area contributed by atoms with Crippen molar-refractivity contribution in [1.29, 1.82) is 0 Å². The number of rotatable bonds is 6. The van der Waals surface area contributed by atoms with E-state index >= 15 is 0 Å². The first kappa shape index (κ1) is 24.0. The largest absolute Gasteiger partial charge is 0.507 e. The number of carbonyl (C=O) groups excluding carboxylic acids is 3. The van der Waals surface area contributed by atoms with Crippen molar-refractivity contribution in [2.75, 3.05) is 19.7 Å². The number of fused-ring (bicyclic) bond motifs is 2. The van der Waals surface area contributed by atoms with Crippen molar-refractivity contribution >= 4 is 45.0 Å². The Morgan fingerprint density at radius 1 is 1.06 bits per heavy atom. The summed E-state index contributed by atoms with van der Waals surface area (Å²) < 4.78 is 0. The molecule has 1 fully saturated rings. The molecule has 0 bridgehead atoms. The average Bonchev–Trinajstić information content (AvgIpc) is 3.38. The second-order valence-electron chi connectivity index (χ2n) is 8.17. The molecule has 2 atom stereocenters. The van der Waals surface area contributed by atoms with Crippen LogP contribution in [0.4, 0.5) is 5.69 Å². The summed E-state index contributed by atoms with van der Waals surface area (Å²) in [6.45, 7) is -0.575. The van der Waals surface area contributed by atoms with Gasteiger partial charge >= 0.3 is 0 Å². The predicted molar refractivity (Wildman–Crippen MR) is 127 cm³/mol. The molecule has 11 heteroatoms. The lowest BCUT2D eigenvalue weighted by molar-refractivity contribution is -0.138. The number of phenolic OH excluding ortho intramolecular Hbond substituents is 2. The Kier molecular flexibility index (Phi) is 6.90. The van der Waals surface area contributed by atoms with Gasteiger partial charge in [-0.15, -0.1) is 10.2 Å². The number of likely N-dealkylation sites (tertiary alicyclic amines) is 1. The van der Waals surface area contributed by atoms with E-state index in [4.69, 9.17) is 5.73 Å². The van der Waals surface area contributed by atoms with Gasteiger partial charge < -0.3 is 31.3 Å². The normalized spacial score (nSPS) is 16.7. The number of azo groups is 1. The van der Waals surface area contributed by atoms with Crippen molar-refractivity contribution in [3.05, 3.63) is 42.5 Å². The maximum absolute atomic E-state index is 12.7. The first-order valence-corrected chi connectivity index (χ1v) is 11.1. The molecule has 1 aliphatic heterocycles. The SMILES string of the molecule is NCC(=O)N1CCC[C@H]1C(=O)N[C@@H](CO)C(=O)N=Nc1cccc2c(O)c3ccccc3c(O)c12. The number of aromatic hydroxyl groups is 2. The Morgan fingerprint density at radius 2 is 1.74 bits per heavy atom. The van der Waals surface area contributed by atoms with E-state index in [0.29, 0.717) is 35.5 Å². The number of hydrogen-bond donors (Lipinski definition) is 5. The van der Waals surface area contributed by atoms with Gasteiger partial charge in [0.05, 0.1) is 24.2 Å². The van der Waals surface area contributed by atoms with Crippen LogP contribution in [-0.2, 0) is 14.4 Å². The van der Waals surface area contributed by atoms with Gasteiger partial charge in [-0.1, -0.05) is 36.4 Å². The second-order valence-corrected chi connectivity index (χ2v) is 8.17. The molecule has 0 saturated carbocycles. The third-order valence-corrected chi connectivity index (χ3v) is 6.08. The zero-order valence-electron chi connectivity index (χ0n) is 18.7. The number of hydrogen-bond acceptors (Lipinski definition) is 8. The number of phenols is 2. The maximum atomic E-state index is 12.7. The van der Waals surface area contributed by atoms with E-state index in [0.717, 1.165) is 0 Å². The molecule has 182 valence electrons. The summed E-state index contributed by atoms with van der Waals surface area (Å²) in [7, 11) is 0. The molecular formula is C24H25N5O6. The number of nitrogens with two attached hydrogens (primary N) is 1. The molecule has 11 nitrogen and oxygen atoms in total. The van der Waals surface area contributed by atoms with Crippen molar-refractivity contribution < 1.29 is 29.7 Å². The van der Waals surface area contributed by atoms with Crippen LogP contribution < -0.4 is 11.1 Å². The summed E-state index contributed by atoms with van der Waals surface area (Å²) in [6.07, 6.45) is 1.03. The van der Waals surface area contributed by atoms with Crippen LogP contribution in [0, 0.1) is 0 Å². The summed E-state index contributed by atoms with van der Waals surface area (Å²) in [5.74, 6) is -2.07. The first-order valence-electron chi connectivity index (χ1n) is 11.1. The van der Waals surface area contributed by atoms with Crippen LogP contribution in [0.2, 0.25) is 0 Å². The molecule has 35 heavy (non-hydrogen) atoms. The number of benzene rings is 3. The van der Waals surface area contributed by atoms with Crippen molar-refractivity contribution in [3.63, 3.8) is 0 Å². The fourth-order valence-corrected chi connectivity index (χ4v) is 4.33. The smallest absolute Gasteiger partial charge is 0.289 e. The molecule has 3 amide bonds. The minimum Gasteiger partial charge on any atom is -0.507 e. The van der Waals surface area contributed by atoms with E-state index < -0.39 is 30.5 Å². The van der Waals surface area contributed by atoms with E-state index in [1.807, 2.05) is 0 Å². The summed E-state index contributed by atoms with van der Waals surface area (Å²) in [4.78, 5) is 38.6. The molecule has 1 heterocycles. The van der Waals surface area contributed by atoms with Gasteiger partial charge in [0.25, 0.3) is 5.91 Å². The Bertz CT molecular complexity index is 1340. The number of nitrogens with zero attached hydrogens (tertiary/aromatic N) is 3. The first-order chi connectivity index (χ1) is 16.9. The highest BCUT2D eigenvalue weighted by Crippen LogP contribution is 2.45. The predicted octanol–water partition coefficient (Wildman–Crippen LogP) is 1.44. The number of nitrogens with one attached hydrogen (secondary N) is 1. The molecule has 3 aromatic carbocycles. The van der Waals surface area contributed by atoms with Crippen LogP contribution >= 0.6 is 0 Å². The van der Waals surface area contributed by atoms with E-state index in [1.165, 1.54) is 11.0 Å². The molecule has 0 aliphatic carbocycles. The van der Waals surface area contributed by atoms with Gasteiger partial charge in [-0.05, 0) is 18.9 Å². The molecule has 0 spiro atoms. The summed E-state index contributed by atoms with van der Waals surface area (Å²) in [6, 6.07) is 9.29. The van der Waals surface area contributed by atoms with E-state index in [2.05, 4.69) is 15.5 Å². The van der Waals surface area contributed by atoms with Crippen molar-refractivity contribution in [2.45, 2.75) is 24.9 Å². The molecule has 0 unspecified atom stereocenters. The zero-order valence-corrected chi connectivity index (χ0v) is 18.7. The highest BCUT2D eigenvalue weighted by atomic mass is 16.3. The van der Waals surface area contributed by atoms with Crippen LogP contribution in [0.5, 0.6) is 11.5 Å². The third-order valence-electron chi connectivity index (χ3n) is 6.08. The zero-order chi connectivity index (χ0) is 25.1. The van der Waals surface area contributed by atoms with Gasteiger partial charge in [-0.3, -0.25) is 14.4 Å². The topological polar surface area (TPSA) is 178 Å². The number of carbonyl (C=O) groups is 3. The number of aliphatic hydroxyl groups is 1. The fraction of sp³-hybridized carbons (Fsp3) is 0.292. The maximum Gasteiger partial charge on any atom is 0.289 e. The molecule has 0 radical (unpaired) electrons. The highest BCUT2D eigenvalue weighted by Gasteiger charge is 2.35. The number of amides is 3. The van der Waals surface area contributed by atoms with Crippen LogP contribution in [0.3, 0.4) is 0 Å². The lowest BCUT2D eigenvalue weighted by Crippen LogP contribution is -2.52. The minimum atomic E-state index is -1.38. The van der Waals surface area contributed by atoms with Gasteiger partial charge in [-0.2, -0.15) is 0 Å². The lowest BCUT2D eigenvalue weighted by atomic mass is 9.99. The van der Waals surface area contributed by atoms with Gasteiger partial charge in [-0.25, -0.2) is 0 Å². The van der Waals surface area contributed by atoms with Crippen molar-refractivity contribution in [3.8, 4) is 11.5 Å². The monoisotopic (exact) mass is 479 g/mol. The van der Waals surface area contributed by atoms with Crippen LogP contribution in [0.1, 0.15) is 12.8 Å². The summed E-state index contributed by atoms with van der Waals surface area (Å²) >= 11 is 0. The lowest BCUT2D eigenvalue weighted by Gasteiger charge is -2.24. The van der Waals surface area contributed by atoms with Crippen LogP contribution in [-0.4, -0.2) is 69.7 Å². The summed E-state index contributed by atoms with van der Waals surface area (Å²) in [5.41, 5.74) is 5.52. The van der Waals surface area contributed by atoms with Gasteiger partial charge in [0, 0.05) is 22.7 Å². The number of aliphatic hydroxyl groups excluding tert-OH is 1. The molecule has 3 aromatic rings. The van der Waals surface area contributed by atoms with E-state index in [-0.39, 0.29) is 35.0 Å². The van der Waals surface area contributed by atoms with E-state index in [1.54, 1.807) is 36.4 Å². The van der Waals surface area contributed by atoms with Crippen molar-refractivity contribution in [2.24, 2.45) is 16.0 Å². The average molecular weight is 479 g/mol. The van der Waals surface area contributed by atoms with Gasteiger partial charge in [0.2, 0.25) is 11.8 Å². The molecular weight excluding hydrogens is 454 g/mol. The molecule has 4 rings (SSSR count). The summed E-state index contributed by atoms with van der Waals surface area (Å²) in [5, 5.41) is 42.5. The standard InChI is InChI=1S/C24H25N5O6/c25-11-19(31)29-10-4-9-18(29)24(35)26-17(12-30)23(34)28-27-16-8-3-7-15-20(16)22(33)14-6-2-1-5-13(14)21(15)32/h1-3,5-8,17-18,30,32-33H,4,9-12,25H2,(H,26,35)/t17-,18-/m0/s1. The third kappa shape index (κ3) is 4.51. The molecule has 6 N–H and O–H groups in total.